The van der Waals surface area contributed by atoms with E-state index in [9.17, 15) is 4.79 Å². The van der Waals surface area contributed by atoms with Crippen LogP contribution in [-0.2, 0) is 11.3 Å². The Bertz CT molecular complexity index is 642. The molecule has 1 heterocycles. The number of hydrogen-bond donors (Lipinski definition) is 2. The third-order valence-corrected chi connectivity index (χ3v) is 5.17. The average molecular weight is 358 g/mol. The molecule has 0 radical (unpaired) electrons. The lowest BCUT2D eigenvalue weighted by Gasteiger charge is -2.27. The predicted octanol–water partition coefficient (Wildman–Crippen LogP) is 2.29. The van der Waals surface area contributed by atoms with Crippen molar-refractivity contribution in [3.8, 4) is 5.75 Å². The van der Waals surface area contributed by atoms with Crippen molar-refractivity contribution in [2.45, 2.75) is 57.7 Å². The number of carbonyl (C=O) groups is 1. The summed E-state index contributed by atoms with van der Waals surface area (Å²) in [4.78, 5) is 18.1. The molecule has 0 aromatic heterocycles. The number of amides is 1. The zero-order chi connectivity index (χ0) is 18.4. The predicted molar refractivity (Wildman–Crippen MR) is 103 cm³/mol. The Balaban J connectivity index is 1.51. The minimum absolute atomic E-state index is 0.222. The Hall–Kier alpha value is -2.24. The summed E-state index contributed by atoms with van der Waals surface area (Å²) in [7, 11) is 1.77. The molecular formula is C20H30N4O2. The van der Waals surface area contributed by atoms with Gasteiger partial charge in [0.2, 0.25) is 5.91 Å². The number of likely N-dealkylation sites (tertiary alicyclic amines) is 1. The normalized spacial score (nSPS) is 20.6. The number of nitrogens with zero attached hydrogens (tertiary/aromatic N) is 2. The second-order valence-electron chi connectivity index (χ2n) is 7.03. The highest BCUT2D eigenvalue weighted by atomic mass is 16.5. The van der Waals surface area contributed by atoms with E-state index in [1.807, 2.05) is 30.0 Å². The van der Waals surface area contributed by atoms with Gasteiger partial charge in [0.15, 0.2) is 5.96 Å². The molecule has 3 rings (SSSR count). The smallest absolute Gasteiger partial charge is 0.222 e. The van der Waals surface area contributed by atoms with E-state index in [2.05, 4.69) is 21.7 Å². The van der Waals surface area contributed by atoms with Crippen molar-refractivity contribution in [2.75, 3.05) is 20.1 Å². The van der Waals surface area contributed by atoms with Gasteiger partial charge in [0.05, 0.1) is 6.10 Å². The molecule has 1 saturated heterocycles. The number of hydrogen-bond acceptors (Lipinski definition) is 3. The summed E-state index contributed by atoms with van der Waals surface area (Å²) in [5.41, 5.74) is 1.14. The quantitative estimate of drug-likeness (QED) is 0.605. The molecule has 1 aromatic rings. The van der Waals surface area contributed by atoms with E-state index in [0.717, 1.165) is 49.6 Å². The highest BCUT2D eigenvalue weighted by molar-refractivity contribution is 5.80. The number of para-hydroxylation sites is 1. The first-order chi connectivity index (χ1) is 12.7. The molecule has 26 heavy (non-hydrogen) atoms. The minimum atomic E-state index is 0.222. The molecule has 1 aliphatic carbocycles. The van der Waals surface area contributed by atoms with Crippen molar-refractivity contribution in [1.29, 1.82) is 0 Å². The molecule has 0 spiro atoms. The van der Waals surface area contributed by atoms with Gasteiger partial charge in [-0.15, -0.1) is 0 Å². The largest absolute Gasteiger partial charge is 0.490 e. The highest BCUT2D eigenvalue weighted by Crippen LogP contribution is 2.27. The molecular weight excluding hydrogens is 328 g/mol. The molecule has 1 aromatic carbocycles. The number of benzene rings is 1. The van der Waals surface area contributed by atoms with E-state index in [4.69, 9.17) is 4.74 Å². The minimum Gasteiger partial charge on any atom is -0.490 e. The van der Waals surface area contributed by atoms with Gasteiger partial charge in [0.25, 0.3) is 0 Å². The Morgan fingerprint density at radius 2 is 2.12 bits per heavy atom. The zero-order valence-electron chi connectivity index (χ0n) is 15.8. The molecule has 1 atom stereocenters. The van der Waals surface area contributed by atoms with Crippen LogP contribution < -0.4 is 15.4 Å². The lowest BCUT2D eigenvalue weighted by molar-refractivity contribution is -0.129. The van der Waals surface area contributed by atoms with E-state index in [1.54, 1.807) is 7.05 Å². The van der Waals surface area contributed by atoms with Crippen molar-refractivity contribution in [3.05, 3.63) is 29.8 Å². The summed E-state index contributed by atoms with van der Waals surface area (Å²) in [6, 6.07) is 8.43. The van der Waals surface area contributed by atoms with Gasteiger partial charge in [0.1, 0.15) is 5.75 Å². The Morgan fingerprint density at radius 1 is 1.31 bits per heavy atom. The molecule has 6 heteroatoms. The van der Waals surface area contributed by atoms with Gasteiger partial charge in [-0.05, 0) is 31.7 Å². The lowest BCUT2D eigenvalue weighted by atomic mass is 9.96. The second-order valence-corrected chi connectivity index (χ2v) is 7.03. The van der Waals surface area contributed by atoms with E-state index in [-0.39, 0.29) is 11.9 Å². The molecule has 6 nitrogen and oxygen atoms in total. The molecule has 2 fully saturated rings. The number of aliphatic imine (C=N–C) groups is 1. The van der Waals surface area contributed by atoms with Gasteiger partial charge < -0.3 is 20.3 Å². The molecule has 1 unspecified atom stereocenters. The van der Waals surface area contributed by atoms with E-state index in [0.29, 0.717) is 19.1 Å². The second kappa shape index (κ2) is 8.92. The van der Waals surface area contributed by atoms with Gasteiger partial charge >= 0.3 is 0 Å². The van der Waals surface area contributed by atoms with Crippen molar-refractivity contribution >= 4 is 11.9 Å². The van der Waals surface area contributed by atoms with Crippen molar-refractivity contribution < 1.29 is 9.53 Å². The van der Waals surface area contributed by atoms with E-state index >= 15 is 0 Å². The number of ether oxygens (including phenoxy) is 1. The van der Waals surface area contributed by atoms with Crippen LogP contribution >= 0.6 is 0 Å². The van der Waals surface area contributed by atoms with Crippen LogP contribution in [0.4, 0.5) is 0 Å². The summed E-state index contributed by atoms with van der Waals surface area (Å²) in [6.07, 6.45) is 5.46. The topological polar surface area (TPSA) is 66.0 Å². The van der Waals surface area contributed by atoms with Crippen LogP contribution in [0.2, 0.25) is 0 Å². The fourth-order valence-corrected chi connectivity index (χ4v) is 3.33. The summed E-state index contributed by atoms with van der Waals surface area (Å²) in [5.74, 6) is 1.94. The molecule has 2 N–H and O–H groups in total. The number of rotatable bonds is 6. The third kappa shape index (κ3) is 4.68. The van der Waals surface area contributed by atoms with Crippen molar-refractivity contribution in [2.24, 2.45) is 4.99 Å². The summed E-state index contributed by atoms with van der Waals surface area (Å²) in [6.45, 7) is 4.13. The standard InChI is InChI=1S/C20H30N4O2/c1-3-19(25)24-12-11-16(14-24)23-20(21-2)22-13-15-7-4-5-10-18(15)26-17-8-6-9-17/h4-5,7,10,16-17H,3,6,8-9,11-14H2,1-2H3,(H2,21,22,23). The van der Waals surface area contributed by atoms with Gasteiger partial charge in [-0.1, -0.05) is 25.1 Å². The van der Waals surface area contributed by atoms with Crippen LogP contribution in [0, 0.1) is 0 Å². The van der Waals surface area contributed by atoms with Crippen LogP contribution in [0.1, 0.15) is 44.6 Å². The fourth-order valence-electron chi connectivity index (χ4n) is 3.33. The van der Waals surface area contributed by atoms with Crippen molar-refractivity contribution in [1.82, 2.24) is 15.5 Å². The summed E-state index contributed by atoms with van der Waals surface area (Å²) < 4.78 is 6.09. The van der Waals surface area contributed by atoms with Gasteiger partial charge in [-0.2, -0.15) is 0 Å². The first kappa shape index (κ1) is 18.5. The molecule has 142 valence electrons. The molecule has 1 amide bonds. The van der Waals surface area contributed by atoms with Crippen LogP contribution in [0.5, 0.6) is 5.75 Å². The first-order valence-electron chi connectivity index (χ1n) is 9.69. The summed E-state index contributed by atoms with van der Waals surface area (Å²) >= 11 is 0. The van der Waals surface area contributed by atoms with Crippen LogP contribution in [0.3, 0.4) is 0 Å². The first-order valence-corrected chi connectivity index (χ1v) is 9.69. The van der Waals surface area contributed by atoms with E-state index < -0.39 is 0 Å². The Morgan fingerprint density at radius 3 is 2.81 bits per heavy atom. The average Bonchev–Trinajstić information content (AvgIpc) is 3.10. The summed E-state index contributed by atoms with van der Waals surface area (Å²) in [5, 5.41) is 6.81. The monoisotopic (exact) mass is 358 g/mol. The maximum atomic E-state index is 11.8. The maximum absolute atomic E-state index is 11.8. The van der Waals surface area contributed by atoms with Gasteiger partial charge in [0, 0.05) is 44.7 Å². The van der Waals surface area contributed by atoms with Crippen LogP contribution in [0.25, 0.3) is 0 Å². The maximum Gasteiger partial charge on any atom is 0.222 e. The SMILES string of the molecule is CCC(=O)N1CCC(NC(=NC)NCc2ccccc2OC2CCC2)C1. The molecule has 1 aliphatic heterocycles. The van der Waals surface area contributed by atoms with Gasteiger partial charge in [-0.3, -0.25) is 9.79 Å². The molecule has 0 bridgehead atoms. The van der Waals surface area contributed by atoms with Crippen LogP contribution in [-0.4, -0.2) is 49.0 Å². The molecule has 2 aliphatic rings. The fraction of sp³-hybridized carbons (Fsp3) is 0.600. The molecule has 1 saturated carbocycles. The Labute approximate surface area is 156 Å². The van der Waals surface area contributed by atoms with Crippen molar-refractivity contribution in [3.63, 3.8) is 0 Å². The third-order valence-electron chi connectivity index (χ3n) is 5.17. The highest BCUT2D eigenvalue weighted by Gasteiger charge is 2.26. The zero-order valence-corrected chi connectivity index (χ0v) is 15.8. The number of carbonyl (C=O) groups excluding carboxylic acids is 1. The number of guanidine groups is 1. The van der Waals surface area contributed by atoms with Crippen LogP contribution in [0.15, 0.2) is 29.3 Å². The van der Waals surface area contributed by atoms with Gasteiger partial charge in [-0.25, -0.2) is 0 Å². The Kier molecular flexibility index (Phi) is 6.36. The van der Waals surface area contributed by atoms with E-state index in [1.165, 1.54) is 6.42 Å². The number of nitrogens with one attached hydrogen (secondary N) is 2. The lowest BCUT2D eigenvalue weighted by Crippen LogP contribution is -2.44.